The molecule has 2 aromatic carbocycles. The Morgan fingerprint density at radius 3 is 2.55 bits per heavy atom. The van der Waals surface area contributed by atoms with E-state index in [1.54, 1.807) is 25.3 Å². The number of hydrogen-bond donors (Lipinski definition) is 2. The van der Waals surface area contributed by atoms with Crippen molar-refractivity contribution in [1.29, 1.82) is 0 Å². The van der Waals surface area contributed by atoms with Crippen molar-refractivity contribution in [3.63, 3.8) is 0 Å². The highest BCUT2D eigenvalue weighted by atomic mass is 35.5. The van der Waals surface area contributed by atoms with E-state index in [2.05, 4.69) is 15.8 Å². The van der Waals surface area contributed by atoms with Gasteiger partial charge in [-0.15, -0.1) is 0 Å². The molecule has 0 aliphatic heterocycles. The van der Waals surface area contributed by atoms with Crippen molar-refractivity contribution in [2.45, 2.75) is 19.9 Å². The predicted octanol–water partition coefficient (Wildman–Crippen LogP) is 3.60. The van der Waals surface area contributed by atoms with Gasteiger partial charge >= 0.3 is 0 Å². The van der Waals surface area contributed by atoms with Crippen molar-refractivity contribution < 1.29 is 4.79 Å². The molecule has 2 N–H and O–H groups in total. The summed E-state index contributed by atoms with van der Waals surface area (Å²) in [6.45, 7) is 3.78. The van der Waals surface area contributed by atoms with Crippen LogP contribution in [0, 0.1) is 6.92 Å². The predicted molar refractivity (Wildman–Crippen MR) is 91.5 cm³/mol. The third-order valence-electron chi connectivity index (χ3n) is 3.17. The maximum Gasteiger partial charge on any atom is 0.262 e. The van der Waals surface area contributed by atoms with Gasteiger partial charge in [0.2, 0.25) is 0 Å². The normalized spacial score (nSPS) is 12.1. The number of amides is 1. The fourth-order valence-electron chi connectivity index (χ4n) is 1.85. The van der Waals surface area contributed by atoms with Crippen LogP contribution in [-0.2, 0) is 4.79 Å². The minimum Gasteiger partial charge on any atom is -0.374 e. The Kier molecular flexibility index (Phi) is 5.55. The number of para-hydroxylation sites is 1. The van der Waals surface area contributed by atoms with Gasteiger partial charge in [-0.3, -0.25) is 4.79 Å². The lowest BCUT2D eigenvalue weighted by atomic mass is 10.2. The first-order valence-corrected chi connectivity index (χ1v) is 7.34. The van der Waals surface area contributed by atoms with E-state index in [9.17, 15) is 4.79 Å². The number of hydrogen-bond acceptors (Lipinski definition) is 3. The molecule has 114 valence electrons. The quantitative estimate of drug-likeness (QED) is 0.654. The van der Waals surface area contributed by atoms with E-state index in [-0.39, 0.29) is 11.9 Å². The molecule has 22 heavy (non-hydrogen) atoms. The van der Waals surface area contributed by atoms with Crippen LogP contribution in [0.1, 0.15) is 18.1 Å². The lowest BCUT2D eigenvalue weighted by Crippen LogP contribution is -2.35. The summed E-state index contributed by atoms with van der Waals surface area (Å²) in [5, 5.41) is 7.78. The number of benzene rings is 2. The molecule has 2 aromatic rings. The van der Waals surface area contributed by atoms with Crippen LogP contribution < -0.4 is 10.7 Å². The van der Waals surface area contributed by atoms with Gasteiger partial charge in [0.05, 0.1) is 6.21 Å². The number of nitrogens with zero attached hydrogens (tertiary/aromatic N) is 1. The molecule has 0 saturated carbocycles. The molecule has 0 radical (unpaired) electrons. The summed E-state index contributed by atoms with van der Waals surface area (Å²) in [5.41, 5.74) is 5.41. The Hall–Kier alpha value is -2.33. The van der Waals surface area contributed by atoms with E-state index in [4.69, 9.17) is 11.6 Å². The van der Waals surface area contributed by atoms with E-state index in [0.717, 1.165) is 16.8 Å². The minimum atomic E-state index is -0.386. The maximum atomic E-state index is 12.0. The molecule has 0 aliphatic carbocycles. The zero-order chi connectivity index (χ0) is 15.9. The van der Waals surface area contributed by atoms with Crippen molar-refractivity contribution in [2.24, 2.45) is 5.10 Å². The Bertz CT molecular complexity index is 668. The van der Waals surface area contributed by atoms with Gasteiger partial charge in [-0.2, -0.15) is 5.10 Å². The Balaban J connectivity index is 1.89. The topological polar surface area (TPSA) is 53.5 Å². The summed E-state index contributed by atoms with van der Waals surface area (Å²) in [5.74, 6) is -0.200. The second-order valence-electron chi connectivity index (χ2n) is 4.97. The van der Waals surface area contributed by atoms with Crippen LogP contribution in [0.4, 0.5) is 5.69 Å². The van der Waals surface area contributed by atoms with Crippen molar-refractivity contribution in [2.75, 3.05) is 5.32 Å². The zero-order valence-corrected chi connectivity index (χ0v) is 13.3. The molecule has 0 saturated heterocycles. The molecule has 5 heteroatoms. The number of halogens is 1. The summed E-state index contributed by atoms with van der Waals surface area (Å²) in [6.07, 6.45) is 1.58. The highest BCUT2D eigenvalue weighted by Gasteiger charge is 2.12. The van der Waals surface area contributed by atoms with Gasteiger partial charge in [0.25, 0.3) is 5.91 Å². The Labute approximate surface area is 135 Å². The Morgan fingerprint density at radius 1 is 1.18 bits per heavy atom. The van der Waals surface area contributed by atoms with Crippen LogP contribution in [0.2, 0.25) is 5.02 Å². The summed E-state index contributed by atoms with van der Waals surface area (Å²) < 4.78 is 0. The number of anilines is 1. The summed E-state index contributed by atoms with van der Waals surface area (Å²) in [7, 11) is 0. The second-order valence-corrected chi connectivity index (χ2v) is 5.40. The number of hydrazone groups is 1. The minimum absolute atomic E-state index is 0.200. The van der Waals surface area contributed by atoms with Gasteiger partial charge in [0, 0.05) is 10.7 Å². The Morgan fingerprint density at radius 2 is 1.86 bits per heavy atom. The average Bonchev–Trinajstić information content (AvgIpc) is 2.51. The molecule has 1 amide bonds. The molecule has 0 aliphatic rings. The highest BCUT2D eigenvalue weighted by molar-refractivity contribution is 6.30. The first kappa shape index (κ1) is 16.0. The average molecular weight is 316 g/mol. The fraction of sp³-hybridized carbons (Fsp3) is 0.176. The third kappa shape index (κ3) is 4.60. The molecule has 1 unspecified atom stereocenters. The molecular formula is C17H18ClN3O. The van der Waals surface area contributed by atoms with E-state index in [1.807, 2.05) is 43.3 Å². The fourth-order valence-corrected chi connectivity index (χ4v) is 1.98. The van der Waals surface area contributed by atoms with E-state index in [0.29, 0.717) is 5.02 Å². The lowest BCUT2D eigenvalue weighted by Gasteiger charge is -2.15. The molecule has 0 spiro atoms. The molecule has 0 aromatic heterocycles. The molecule has 0 bridgehead atoms. The molecule has 0 heterocycles. The number of nitrogens with one attached hydrogen (secondary N) is 2. The van der Waals surface area contributed by atoms with Gasteiger partial charge in [0.1, 0.15) is 6.04 Å². The number of carbonyl (C=O) groups excluding carboxylic acids is 1. The standard InChI is InChI=1S/C17H18ClN3O/c1-12-5-3-4-6-16(12)20-13(2)17(22)21-19-11-14-7-9-15(18)10-8-14/h3-11,13,20H,1-2H3,(H,21,22)/b19-11+. The highest BCUT2D eigenvalue weighted by Crippen LogP contribution is 2.14. The lowest BCUT2D eigenvalue weighted by molar-refractivity contribution is -0.121. The first-order chi connectivity index (χ1) is 10.6. The van der Waals surface area contributed by atoms with Gasteiger partial charge in [-0.1, -0.05) is 41.9 Å². The van der Waals surface area contributed by atoms with Crippen molar-refractivity contribution in [1.82, 2.24) is 5.43 Å². The smallest absolute Gasteiger partial charge is 0.262 e. The van der Waals surface area contributed by atoms with Crippen LogP contribution in [0.25, 0.3) is 0 Å². The molecule has 2 rings (SSSR count). The summed E-state index contributed by atoms with van der Waals surface area (Å²) >= 11 is 5.80. The van der Waals surface area contributed by atoms with Crippen molar-refractivity contribution in [3.05, 3.63) is 64.7 Å². The van der Waals surface area contributed by atoms with E-state index >= 15 is 0 Å². The molecule has 0 fully saturated rings. The van der Waals surface area contributed by atoms with E-state index in [1.165, 1.54) is 0 Å². The summed E-state index contributed by atoms with van der Waals surface area (Å²) in [6, 6.07) is 14.6. The van der Waals surface area contributed by atoms with Gasteiger partial charge in [0.15, 0.2) is 0 Å². The van der Waals surface area contributed by atoms with Crippen LogP contribution in [0.5, 0.6) is 0 Å². The largest absolute Gasteiger partial charge is 0.374 e. The molecular weight excluding hydrogens is 298 g/mol. The number of rotatable bonds is 5. The second kappa shape index (κ2) is 7.61. The third-order valence-corrected chi connectivity index (χ3v) is 3.42. The zero-order valence-electron chi connectivity index (χ0n) is 12.5. The van der Waals surface area contributed by atoms with Crippen LogP contribution in [0.15, 0.2) is 53.6 Å². The van der Waals surface area contributed by atoms with Crippen molar-refractivity contribution in [3.8, 4) is 0 Å². The van der Waals surface area contributed by atoms with Crippen LogP contribution in [-0.4, -0.2) is 18.2 Å². The van der Waals surface area contributed by atoms with Gasteiger partial charge in [-0.25, -0.2) is 5.43 Å². The van der Waals surface area contributed by atoms with Crippen LogP contribution >= 0.6 is 11.6 Å². The number of carbonyl (C=O) groups is 1. The van der Waals surface area contributed by atoms with Crippen LogP contribution in [0.3, 0.4) is 0 Å². The van der Waals surface area contributed by atoms with Gasteiger partial charge < -0.3 is 5.32 Å². The number of aryl methyl sites for hydroxylation is 1. The van der Waals surface area contributed by atoms with Gasteiger partial charge in [-0.05, 0) is 43.2 Å². The molecule has 4 nitrogen and oxygen atoms in total. The summed E-state index contributed by atoms with van der Waals surface area (Å²) in [4.78, 5) is 12.0. The van der Waals surface area contributed by atoms with E-state index < -0.39 is 0 Å². The SMILES string of the molecule is Cc1ccccc1NC(C)C(=O)N/N=C/c1ccc(Cl)cc1. The maximum absolute atomic E-state index is 12.0. The van der Waals surface area contributed by atoms with Crippen molar-refractivity contribution >= 4 is 29.4 Å². The first-order valence-electron chi connectivity index (χ1n) is 6.97. The molecule has 1 atom stereocenters. The monoisotopic (exact) mass is 315 g/mol.